The van der Waals surface area contributed by atoms with Crippen molar-refractivity contribution in [3.63, 3.8) is 0 Å². The molecule has 1 aromatic rings. The number of thioether (sulfide) groups is 2. The first-order valence-corrected chi connectivity index (χ1v) is 12.6. The molecule has 0 radical (unpaired) electrons. The van der Waals surface area contributed by atoms with E-state index in [1.54, 1.807) is 37.4 Å². The van der Waals surface area contributed by atoms with Gasteiger partial charge >= 0.3 is 11.9 Å². The van der Waals surface area contributed by atoms with Crippen LogP contribution in [0.1, 0.15) is 38.2 Å². The Hall–Kier alpha value is -1.71. The maximum absolute atomic E-state index is 13.1. The molecule has 31 heavy (non-hydrogen) atoms. The summed E-state index contributed by atoms with van der Waals surface area (Å²) in [5.74, 6) is 0.131. The van der Waals surface area contributed by atoms with Crippen LogP contribution in [0.2, 0.25) is 0 Å². The van der Waals surface area contributed by atoms with Crippen molar-refractivity contribution < 1.29 is 24.2 Å². The molecule has 2 aliphatic heterocycles. The molecule has 2 fully saturated rings. The van der Waals surface area contributed by atoms with Crippen LogP contribution >= 0.6 is 23.5 Å². The largest absolute Gasteiger partial charge is 0.480 e. The van der Waals surface area contributed by atoms with E-state index in [4.69, 9.17) is 4.74 Å². The second-order valence-corrected chi connectivity index (χ2v) is 11.0. The van der Waals surface area contributed by atoms with E-state index >= 15 is 0 Å². The highest BCUT2D eigenvalue weighted by Crippen LogP contribution is 2.51. The van der Waals surface area contributed by atoms with Crippen molar-refractivity contribution in [3.8, 4) is 0 Å². The summed E-state index contributed by atoms with van der Waals surface area (Å²) in [6.07, 6.45) is 0.966. The normalized spacial score (nSPS) is 21.7. The van der Waals surface area contributed by atoms with Crippen LogP contribution in [0, 0.1) is 0 Å². The van der Waals surface area contributed by atoms with E-state index in [0.29, 0.717) is 32.5 Å². The van der Waals surface area contributed by atoms with Gasteiger partial charge in [0, 0.05) is 24.5 Å². The van der Waals surface area contributed by atoms with Crippen LogP contribution in [0.15, 0.2) is 30.3 Å². The van der Waals surface area contributed by atoms with E-state index in [9.17, 15) is 19.5 Å². The number of likely N-dealkylation sites (tertiary alicyclic amines) is 1. The minimum absolute atomic E-state index is 0.194. The zero-order valence-electron chi connectivity index (χ0n) is 17.9. The number of nitrogens with one attached hydrogen (secondary N) is 1. The van der Waals surface area contributed by atoms with Crippen LogP contribution < -0.4 is 5.32 Å². The van der Waals surface area contributed by atoms with Gasteiger partial charge < -0.3 is 20.1 Å². The summed E-state index contributed by atoms with van der Waals surface area (Å²) >= 11 is 3.53. The quantitative estimate of drug-likeness (QED) is 0.536. The number of hydrogen-bond acceptors (Lipinski definition) is 7. The molecule has 2 heterocycles. The summed E-state index contributed by atoms with van der Waals surface area (Å²) in [6.45, 7) is 4.74. The lowest BCUT2D eigenvalue weighted by molar-refractivity contribution is -0.149. The minimum atomic E-state index is -0.947. The van der Waals surface area contributed by atoms with Crippen molar-refractivity contribution in [1.29, 1.82) is 0 Å². The Morgan fingerprint density at radius 3 is 2.55 bits per heavy atom. The summed E-state index contributed by atoms with van der Waals surface area (Å²) in [7, 11) is 0. The average Bonchev–Trinajstić information content (AvgIpc) is 3.38. The van der Waals surface area contributed by atoms with Crippen molar-refractivity contribution in [2.45, 2.75) is 48.8 Å². The van der Waals surface area contributed by atoms with E-state index in [0.717, 1.165) is 17.1 Å². The van der Waals surface area contributed by atoms with Crippen LogP contribution in [-0.4, -0.2) is 75.2 Å². The van der Waals surface area contributed by atoms with Gasteiger partial charge in [0.2, 0.25) is 5.91 Å². The minimum Gasteiger partial charge on any atom is -0.480 e. The molecule has 170 valence electrons. The number of rotatable bonds is 9. The SMILES string of the molecule is CCOC(=O)C(CCN[C@@H](C)C(=O)N1CC2(CC1C(=O)O)SCCS2)c1ccccc1. The maximum Gasteiger partial charge on any atom is 0.326 e. The summed E-state index contributed by atoms with van der Waals surface area (Å²) in [5, 5.41) is 12.8. The lowest BCUT2D eigenvalue weighted by Gasteiger charge is -2.26. The second kappa shape index (κ2) is 10.7. The monoisotopic (exact) mass is 466 g/mol. The topological polar surface area (TPSA) is 95.9 Å². The molecule has 3 rings (SSSR count). The van der Waals surface area contributed by atoms with Crippen molar-refractivity contribution in [2.24, 2.45) is 0 Å². The molecule has 7 nitrogen and oxygen atoms in total. The molecular weight excluding hydrogens is 436 g/mol. The number of carboxylic acid groups (broad SMARTS) is 1. The molecule has 0 aromatic heterocycles. The molecule has 2 aliphatic rings. The fourth-order valence-corrected chi connectivity index (χ4v) is 7.38. The predicted molar refractivity (Wildman–Crippen MR) is 123 cm³/mol. The van der Waals surface area contributed by atoms with Gasteiger partial charge in [-0.3, -0.25) is 9.59 Å². The number of benzene rings is 1. The van der Waals surface area contributed by atoms with Crippen molar-refractivity contribution in [3.05, 3.63) is 35.9 Å². The molecule has 1 amide bonds. The predicted octanol–water partition coefficient (Wildman–Crippen LogP) is 2.56. The van der Waals surface area contributed by atoms with Gasteiger partial charge in [-0.05, 0) is 32.4 Å². The summed E-state index contributed by atoms with van der Waals surface area (Å²) in [4.78, 5) is 38.8. The van der Waals surface area contributed by atoms with E-state index < -0.39 is 24.0 Å². The highest BCUT2D eigenvalue weighted by atomic mass is 32.2. The maximum atomic E-state index is 13.1. The van der Waals surface area contributed by atoms with Gasteiger partial charge in [-0.15, -0.1) is 23.5 Å². The summed E-state index contributed by atoms with van der Waals surface area (Å²) in [6, 6.07) is 8.14. The lowest BCUT2D eigenvalue weighted by atomic mass is 9.95. The Morgan fingerprint density at radius 2 is 1.94 bits per heavy atom. The van der Waals surface area contributed by atoms with Crippen LogP contribution in [0.25, 0.3) is 0 Å². The number of amides is 1. The number of hydrogen-bond donors (Lipinski definition) is 2. The average molecular weight is 467 g/mol. The molecule has 1 spiro atoms. The fraction of sp³-hybridized carbons (Fsp3) is 0.591. The molecule has 2 unspecified atom stereocenters. The molecule has 9 heteroatoms. The van der Waals surface area contributed by atoms with Crippen molar-refractivity contribution in [2.75, 3.05) is 31.2 Å². The van der Waals surface area contributed by atoms with Gasteiger partial charge in [-0.25, -0.2) is 4.79 Å². The van der Waals surface area contributed by atoms with E-state index in [2.05, 4.69) is 5.32 Å². The molecular formula is C22H30N2O5S2. The first kappa shape index (κ1) is 23.9. The number of esters is 1. The lowest BCUT2D eigenvalue weighted by Crippen LogP contribution is -2.49. The third-order valence-corrected chi connectivity index (χ3v) is 9.13. The zero-order chi connectivity index (χ0) is 22.4. The van der Waals surface area contributed by atoms with Gasteiger partial charge in [-0.2, -0.15) is 0 Å². The van der Waals surface area contributed by atoms with Crippen LogP contribution in [0.3, 0.4) is 0 Å². The van der Waals surface area contributed by atoms with Crippen molar-refractivity contribution in [1.82, 2.24) is 10.2 Å². The molecule has 0 bridgehead atoms. The third kappa shape index (κ3) is 5.75. The van der Waals surface area contributed by atoms with Crippen LogP contribution in [0.5, 0.6) is 0 Å². The summed E-state index contributed by atoms with van der Waals surface area (Å²) in [5.41, 5.74) is 0.879. The number of ether oxygens (including phenoxy) is 1. The third-order valence-electron chi connectivity index (χ3n) is 5.70. The first-order valence-electron chi connectivity index (χ1n) is 10.6. The number of aliphatic carboxylic acids is 1. The molecule has 2 saturated heterocycles. The second-order valence-electron chi connectivity index (χ2n) is 7.81. The number of carboxylic acids is 1. The Balaban J connectivity index is 1.59. The Bertz CT molecular complexity index is 785. The van der Waals surface area contributed by atoms with Gasteiger partial charge in [0.25, 0.3) is 0 Å². The van der Waals surface area contributed by atoms with Gasteiger partial charge in [0.15, 0.2) is 0 Å². The molecule has 0 saturated carbocycles. The molecule has 2 N–H and O–H groups in total. The van der Waals surface area contributed by atoms with Crippen LogP contribution in [0.4, 0.5) is 0 Å². The fourth-order valence-electron chi connectivity index (χ4n) is 4.13. The van der Waals surface area contributed by atoms with Crippen molar-refractivity contribution >= 4 is 41.4 Å². The number of nitrogens with zero attached hydrogens (tertiary/aromatic N) is 1. The standard InChI is InChI=1S/C22H30N2O5S2/c1-3-29-21(28)17(16-7-5-4-6-8-16)9-10-23-15(2)19(25)24-14-22(30-11-12-31-22)13-18(24)20(26)27/h4-8,15,17-18,23H,3,9-14H2,1-2H3,(H,26,27)/t15-,17?,18?/m0/s1. The highest BCUT2D eigenvalue weighted by molar-refractivity contribution is 8.21. The molecule has 3 atom stereocenters. The van der Waals surface area contributed by atoms with E-state index in [-0.39, 0.29) is 16.0 Å². The van der Waals surface area contributed by atoms with Gasteiger partial charge in [0.05, 0.1) is 22.6 Å². The zero-order valence-corrected chi connectivity index (χ0v) is 19.5. The molecule has 1 aromatic carbocycles. The first-order chi connectivity index (χ1) is 14.9. The highest BCUT2D eigenvalue weighted by Gasteiger charge is 2.51. The van der Waals surface area contributed by atoms with Gasteiger partial charge in [-0.1, -0.05) is 30.3 Å². The molecule has 0 aliphatic carbocycles. The number of carbonyl (C=O) groups is 3. The Morgan fingerprint density at radius 1 is 1.26 bits per heavy atom. The Kier molecular flexibility index (Phi) is 8.30. The van der Waals surface area contributed by atoms with E-state index in [1.165, 1.54) is 4.90 Å². The summed E-state index contributed by atoms with van der Waals surface area (Å²) < 4.78 is 5.03. The van der Waals surface area contributed by atoms with Gasteiger partial charge in [0.1, 0.15) is 6.04 Å². The Labute approximate surface area is 191 Å². The smallest absolute Gasteiger partial charge is 0.326 e. The van der Waals surface area contributed by atoms with E-state index in [1.807, 2.05) is 30.3 Å². The van der Waals surface area contributed by atoms with Crippen LogP contribution in [-0.2, 0) is 19.1 Å². The number of carbonyl (C=O) groups excluding carboxylic acids is 2.